The third-order valence-electron chi connectivity index (χ3n) is 11.9. The zero-order chi connectivity index (χ0) is 48.6. The van der Waals surface area contributed by atoms with Crippen LogP contribution in [0.4, 0.5) is 0 Å². The van der Waals surface area contributed by atoms with E-state index in [-0.39, 0.29) is 31.6 Å². The van der Waals surface area contributed by atoms with Gasteiger partial charge in [0.15, 0.2) is 6.10 Å². The summed E-state index contributed by atoms with van der Waals surface area (Å²) in [4.78, 5) is 38.0. The van der Waals surface area contributed by atoms with Gasteiger partial charge in [-0.1, -0.05) is 254 Å². The van der Waals surface area contributed by atoms with Crippen molar-refractivity contribution in [3.8, 4) is 0 Å². The average Bonchev–Trinajstić information content (AvgIpc) is 3.33. The molecule has 0 aliphatic carbocycles. The topological polar surface area (TPSA) is 78.9 Å². The molecule has 0 rings (SSSR count). The van der Waals surface area contributed by atoms with Crippen molar-refractivity contribution in [1.29, 1.82) is 0 Å². The number of carbonyl (C=O) groups is 3. The molecule has 0 amide bonds. The van der Waals surface area contributed by atoms with E-state index in [0.717, 1.165) is 96.3 Å². The van der Waals surface area contributed by atoms with Crippen LogP contribution in [0.3, 0.4) is 0 Å². The van der Waals surface area contributed by atoms with E-state index in [4.69, 9.17) is 14.2 Å². The molecule has 6 heteroatoms. The highest BCUT2D eigenvalue weighted by molar-refractivity contribution is 5.71. The second kappa shape index (κ2) is 55.2. The Hall–Kier alpha value is -3.41. The second-order valence-corrected chi connectivity index (χ2v) is 18.5. The molecule has 0 aromatic rings. The van der Waals surface area contributed by atoms with E-state index in [2.05, 4.69) is 99.8 Å². The summed E-state index contributed by atoms with van der Waals surface area (Å²) in [5.74, 6) is -0.999. The number of unbranched alkanes of at least 4 members (excludes halogenated alkanes) is 25. The van der Waals surface area contributed by atoms with E-state index in [9.17, 15) is 14.4 Å². The Labute approximate surface area is 414 Å². The number of carbonyl (C=O) groups excluding carboxylic acids is 3. The van der Waals surface area contributed by atoms with Crippen molar-refractivity contribution in [1.82, 2.24) is 0 Å². The van der Waals surface area contributed by atoms with Crippen LogP contribution in [0.15, 0.2) is 85.1 Å². The number of hydrogen-bond acceptors (Lipinski definition) is 6. The maximum Gasteiger partial charge on any atom is 0.306 e. The van der Waals surface area contributed by atoms with Gasteiger partial charge in [0.25, 0.3) is 0 Å². The molecular formula is C61H104O6. The van der Waals surface area contributed by atoms with E-state index in [1.54, 1.807) is 0 Å². The number of rotatable bonds is 50. The first kappa shape index (κ1) is 63.6. The molecule has 1 unspecified atom stereocenters. The Morgan fingerprint density at radius 3 is 1.03 bits per heavy atom. The highest BCUT2D eigenvalue weighted by atomic mass is 16.6. The van der Waals surface area contributed by atoms with Crippen molar-refractivity contribution in [2.75, 3.05) is 13.2 Å². The van der Waals surface area contributed by atoms with E-state index >= 15 is 0 Å². The zero-order valence-electron chi connectivity index (χ0n) is 43.9. The lowest BCUT2D eigenvalue weighted by Gasteiger charge is -2.18. The minimum atomic E-state index is -0.818. The van der Waals surface area contributed by atoms with Gasteiger partial charge < -0.3 is 14.2 Å². The molecule has 0 heterocycles. The third kappa shape index (κ3) is 53.4. The molecule has 6 nitrogen and oxygen atoms in total. The highest BCUT2D eigenvalue weighted by Gasteiger charge is 2.19. The van der Waals surface area contributed by atoms with Crippen molar-refractivity contribution in [3.05, 3.63) is 85.1 Å². The molecule has 0 saturated heterocycles. The van der Waals surface area contributed by atoms with Crippen LogP contribution in [0.2, 0.25) is 0 Å². The van der Waals surface area contributed by atoms with Crippen molar-refractivity contribution < 1.29 is 28.6 Å². The minimum Gasteiger partial charge on any atom is -0.462 e. The Morgan fingerprint density at radius 2 is 0.642 bits per heavy atom. The van der Waals surface area contributed by atoms with Crippen LogP contribution >= 0.6 is 0 Å². The average molecular weight is 933 g/mol. The van der Waals surface area contributed by atoms with Gasteiger partial charge in [0.05, 0.1) is 0 Å². The minimum absolute atomic E-state index is 0.107. The molecule has 0 aromatic heterocycles. The predicted molar refractivity (Wildman–Crippen MR) is 288 cm³/mol. The lowest BCUT2D eigenvalue weighted by molar-refractivity contribution is -0.166. The molecule has 0 saturated carbocycles. The van der Waals surface area contributed by atoms with Crippen LogP contribution in [0.1, 0.15) is 265 Å². The maximum atomic E-state index is 12.8. The van der Waals surface area contributed by atoms with E-state index < -0.39 is 12.1 Å². The van der Waals surface area contributed by atoms with Crippen LogP contribution in [0.5, 0.6) is 0 Å². The Balaban J connectivity index is 4.40. The number of allylic oxidation sites excluding steroid dienone is 14. The second-order valence-electron chi connectivity index (χ2n) is 18.5. The third-order valence-corrected chi connectivity index (χ3v) is 11.9. The van der Waals surface area contributed by atoms with Gasteiger partial charge in [0.1, 0.15) is 13.2 Å². The lowest BCUT2D eigenvalue weighted by atomic mass is 10.0. The Morgan fingerprint density at radius 1 is 0.313 bits per heavy atom. The number of esters is 3. The SMILES string of the molecule is CC/C=C\C/C=C\C/C=C\C/C=C\C/C=C\C/C=C\CCC(=O)OC(COC(=O)CCCCCCC/C=C\CCC)COC(=O)CCCCCCCCCCCCCCCCCCCCCC. The normalized spacial score (nSPS) is 12.7. The summed E-state index contributed by atoms with van der Waals surface area (Å²) in [7, 11) is 0. The Bertz CT molecular complexity index is 1300. The van der Waals surface area contributed by atoms with Crippen LogP contribution in [0, 0.1) is 0 Å². The van der Waals surface area contributed by atoms with Crippen molar-refractivity contribution in [2.45, 2.75) is 271 Å². The first-order valence-electron chi connectivity index (χ1n) is 28.1. The predicted octanol–water partition coefficient (Wildman–Crippen LogP) is 18.8. The highest BCUT2D eigenvalue weighted by Crippen LogP contribution is 2.16. The summed E-state index contributed by atoms with van der Waals surface area (Å²) >= 11 is 0. The summed E-state index contributed by atoms with van der Waals surface area (Å²) in [5.41, 5.74) is 0. The summed E-state index contributed by atoms with van der Waals surface area (Å²) in [6.07, 6.45) is 71.7. The molecule has 67 heavy (non-hydrogen) atoms. The lowest BCUT2D eigenvalue weighted by Crippen LogP contribution is -2.30. The van der Waals surface area contributed by atoms with Crippen LogP contribution in [-0.4, -0.2) is 37.2 Å². The number of hydrogen-bond donors (Lipinski definition) is 0. The maximum absolute atomic E-state index is 12.8. The molecule has 384 valence electrons. The molecular weight excluding hydrogens is 829 g/mol. The van der Waals surface area contributed by atoms with Gasteiger partial charge in [-0.2, -0.15) is 0 Å². The first-order chi connectivity index (χ1) is 33.0. The van der Waals surface area contributed by atoms with Gasteiger partial charge in [-0.25, -0.2) is 0 Å². The summed E-state index contributed by atoms with van der Waals surface area (Å²) in [5, 5.41) is 0. The molecule has 1 atom stereocenters. The Kier molecular flexibility index (Phi) is 52.4. The molecule has 0 aromatic carbocycles. The fraction of sp³-hybridized carbons (Fsp3) is 0.721. The fourth-order valence-corrected chi connectivity index (χ4v) is 7.71. The quantitative estimate of drug-likeness (QED) is 0.0262. The van der Waals surface area contributed by atoms with E-state index in [0.29, 0.717) is 19.3 Å². The molecule has 0 spiro atoms. The van der Waals surface area contributed by atoms with Gasteiger partial charge in [-0.15, -0.1) is 0 Å². The van der Waals surface area contributed by atoms with Gasteiger partial charge in [-0.3, -0.25) is 14.4 Å². The molecule has 0 N–H and O–H groups in total. The van der Waals surface area contributed by atoms with Gasteiger partial charge in [-0.05, 0) is 77.0 Å². The zero-order valence-corrected chi connectivity index (χ0v) is 43.9. The largest absolute Gasteiger partial charge is 0.462 e. The van der Waals surface area contributed by atoms with Crippen molar-refractivity contribution in [2.24, 2.45) is 0 Å². The van der Waals surface area contributed by atoms with Gasteiger partial charge in [0.2, 0.25) is 0 Å². The molecule has 0 aliphatic heterocycles. The summed E-state index contributed by atoms with van der Waals surface area (Å²) in [6.45, 7) is 6.41. The van der Waals surface area contributed by atoms with Crippen LogP contribution < -0.4 is 0 Å². The fourth-order valence-electron chi connectivity index (χ4n) is 7.71. The molecule has 0 aliphatic rings. The van der Waals surface area contributed by atoms with E-state index in [1.165, 1.54) is 122 Å². The standard InChI is InChI=1S/C61H104O6/c1-4-7-10-13-16-19-22-24-26-28-30-32-33-35-37-39-42-45-48-51-54-60(63)66-57-58(56-65-59(62)53-50-47-44-41-21-18-15-12-9-6-3)67-61(64)55-52-49-46-43-40-38-36-34-31-29-27-25-23-20-17-14-11-8-5-2/h8,11-12,15,17,20,25,27,31,34,38,40,46,49,58H,4-7,9-10,13-14,16,18-19,21-24,26,28-30,32-33,35-37,39,41-45,47-48,50-57H2,1-3H3/b11-8-,15-12-,20-17-,27-25-,34-31-,40-38-,49-46-. The molecule has 0 bridgehead atoms. The first-order valence-corrected chi connectivity index (χ1v) is 28.1. The van der Waals surface area contributed by atoms with Crippen LogP contribution in [-0.2, 0) is 28.6 Å². The summed E-state index contributed by atoms with van der Waals surface area (Å²) in [6, 6.07) is 0. The smallest absolute Gasteiger partial charge is 0.306 e. The molecule has 0 radical (unpaired) electrons. The van der Waals surface area contributed by atoms with Gasteiger partial charge in [0, 0.05) is 19.3 Å². The van der Waals surface area contributed by atoms with Crippen LogP contribution in [0.25, 0.3) is 0 Å². The molecule has 0 fully saturated rings. The monoisotopic (exact) mass is 933 g/mol. The van der Waals surface area contributed by atoms with Crippen molar-refractivity contribution >= 4 is 17.9 Å². The van der Waals surface area contributed by atoms with Crippen molar-refractivity contribution in [3.63, 3.8) is 0 Å². The van der Waals surface area contributed by atoms with Gasteiger partial charge >= 0.3 is 17.9 Å². The van der Waals surface area contributed by atoms with E-state index in [1.807, 2.05) is 6.08 Å². The summed E-state index contributed by atoms with van der Waals surface area (Å²) < 4.78 is 16.7. The number of ether oxygens (including phenoxy) is 3.